The van der Waals surface area contributed by atoms with Crippen molar-refractivity contribution < 1.29 is 18.0 Å². The van der Waals surface area contributed by atoms with E-state index in [0.29, 0.717) is 46.0 Å². The fourth-order valence-corrected chi connectivity index (χ4v) is 5.52. The normalized spacial score (nSPS) is 16.1. The molecule has 2 aliphatic rings. The molecule has 1 amide bonds. The Balaban J connectivity index is 1.19. The molecule has 1 aromatic heterocycles. The van der Waals surface area contributed by atoms with Crippen LogP contribution in [-0.2, 0) is 6.42 Å². The van der Waals surface area contributed by atoms with Crippen LogP contribution in [0.2, 0.25) is 0 Å². The van der Waals surface area contributed by atoms with E-state index in [1.807, 2.05) is 30.3 Å². The molecule has 0 bridgehead atoms. The summed E-state index contributed by atoms with van der Waals surface area (Å²) in [4.78, 5) is 18.2. The summed E-state index contributed by atoms with van der Waals surface area (Å²) in [5.74, 6) is -1.31. The van der Waals surface area contributed by atoms with E-state index in [4.69, 9.17) is 0 Å². The number of nitrogens with zero attached hydrogens (tertiary/aromatic N) is 3. The predicted molar refractivity (Wildman–Crippen MR) is 155 cm³/mol. The standard InChI is InChI=1S/C30H32F3N7O/c31-5-6-35-28-16-23(39-7-9-40(10-8-39)24-17-34-18-24)2-3-25(28)30(41)36-29-26-14-19(1-4-27(26)37-38-29)11-20-12-21(32)15-22(33)13-20/h1-4,12-16,24,34-35H,5-11,17-18H2,(H2,36,37,38,41). The largest absolute Gasteiger partial charge is 0.382 e. The molecule has 0 atom stereocenters. The van der Waals surface area contributed by atoms with E-state index in [1.54, 1.807) is 6.07 Å². The zero-order valence-corrected chi connectivity index (χ0v) is 22.5. The van der Waals surface area contributed by atoms with Crippen LogP contribution >= 0.6 is 0 Å². The topological polar surface area (TPSA) is 88.3 Å². The van der Waals surface area contributed by atoms with Crippen LogP contribution in [0.5, 0.6) is 0 Å². The molecule has 3 aromatic carbocycles. The Morgan fingerprint density at radius 3 is 2.44 bits per heavy atom. The number of aromatic nitrogens is 2. The van der Waals surface area contributed by atoms with Crippen LogP contribution in [0.25, 0.3) is 10.9 Å². The summed E-state index contributed by atoms with van der Waals surface area (Å²) < 4.78 is 40.4. The number of carbonyl (C=O) groups excluding carboxylic acids is 1. The van der Waals surface area contributed by atoms with Gasteiger partial charge < -0.3 is 20.9 Å². The number of hydrogen-bond donors (Lipinski definition) is 4. The molecule has 4 N–H and O–H groups in total. The second-order valence-electron chi connectivity index (χ2n) is 10.5. The number of halogens is 3. The maximum atomic E-state index is 13.7. The van der Waals surface area contributed by atoms with Gasteiger partial charge in [-0.1, -0.05) is 6.07 Å². The number of alkyl halides is 1. The second-order valence-corrected chi connectivity index (χ2v) is 10.5. The highest BCUT2D eigenvalue weighted by atomic mass is 19.1. The number of carbonyl (C=O) groups is 1. The van der Waals surface area contributed by atoms with Crippen LogP contribution in [0.4, 0.5) is 30.4 Å². The van der Waals surface area contributed by atoms with Crippen molar-refractivity contribution in [1.29, 1.82) is 0 Å². The third kappa shape index (κ3) is 6.01. The number of hydrogen-bond acceptors (Lipinski definition) is 6. The SMILES string of the molecule is O=C(Nc1n[nH]c2ccc(Cc3cc(F)cc(F)c3)cc12)c1ccc(N2CCN(C3CNC3)CC2)cc1NCCF. The van der Waals surface area contributed by atoms with Crippen LogP contribution in [-0.4, -0.2) is 79.5 Å². The lowest BCUT2D eigenvalue weighted by Gasteiger charge is -2.44. The summed E-state index contributed by atoms with van der Waals surface area (Å²) in [6.45, 7) is 5.32. The van der Waals surface area contributed by atoms with Gasteiger partial charge >= 0.3 is 0 Å². The molecule has 8 nitrogen and oxygen atoms in total. The average molecular weight is 564 g/mol. The molecule has 0 saturated carbocycles. The number of fused-ring (bicyclic) bond motifs is 1. The van der Waals surface area contributed by atoms with E-state index in [2.05, 4.69) is 35.9 Å². The number of benzene rings is 3. The van der Waals surface area contributed by atoms with Crippen LogP contribution in [0.15, 0.2) is 54.6 Å². The number of aromatic amines is 1. The number of nitrogens with one attached hydrogen (secondary N) is 4. The van der Waals surface area contributed by atoms with Crippen molar-refractivity contribution in [3.63, 3.8) is 0 Å². The molecule has 41 heavy (non-hydrogen) atoms. The van der Waals surface area contributed by atoms with Crippen molar-refractivity contribution in [2.24, 2.45) is 0 Å². The number of H-pyrrole nitrogens is 1. The van der Waals surface area contributed by atoms with Gasteiger partial charge in [-0.2, -0.15) is 5.10 Å². The summed E-state index contributed by atoms with van der Waals surface area (Å²) in [6, 6.07) is 15.1. The molecule has 0 spiro atoms. The lowest BCUT2D eigenvalue weighted by Crippen LogP contribution is -2.61. The predicted octanol–water partition coefficient (Wildman–Crippen LogP) is 4.16. The molecular weight excluding hydrogens is 531 g/mol. The molecule has 0 radical (unpaired) electrons. The van der Waals surface area contributed by atoms with Crippen LogP contribution in [0.3, 0.4) is 0 Å². The van der Waals surface area contributed by atoms with E-state index in [-0.39, 0.29) is 12.5 Å². The molecule has 214 valence electrons. The van der Waals surface area contributed by atoms with Gasteiger partial charge in [0.25, 0.3) is 5.91 Å². The Morgan fingerprint density at radius 2 is 1.73 bits per heavy atom. The van der Waals surface area contributed by atoms with Gasteiger partial charge in [0.05, 0.1) is 11.1 Å². The number of piperazine rings is 1. The van der Waals surface area contributed by atoms with E-state index < -0.39 is 18.3 Å². The number of rotatable bonds is 9. The highest BCUT2D eigenvalue weighted by molar-refractivity contribution is 6.11. The Hall–Kier alpha value is -4.09. The highest BCUT2D eigenvalue weighted by Gasteiger charge is 2.28. The van der Waals surface area contributed by atoms with Gasteiger partial charge in [-0.15, -0.1) is 0 Å². The zero-order chi connectivity index (χ0) is 28.3. The van der Waals surface area contributed by atoms with E-state index in [0.717, 1.165) is 56.6 Å². The molecule has 2 fully saturated rings. The first-order valence-corrected chi connectivity index (χ1v) is 13.8. The fraction of sp³-hybridized carbons (Fsp3) is 0.333. The third-order valence-electron chi connectivity index (χ3n) is 7.80. The first-order valence-electron chi connectivity index (χ1n) is 13.8. The van der Waals surface area contributed by atoms with Gasteiger partial charge in [-0.3, -0.25) is 14.8 Å². The Kier molecular flexibility index (Phi) is 7.80. The van der Waals surface area contributed by atoms with Crippen LogP contribution in [0.1, 0.15) is 21.5 Å². The van der Waals surface area contributed by atoms with Gasteiger partial charge in [-0.05, 0) is 60.0 Å². The minimum absolute atomic E-state index is 0.0849. The molecule has 6 rings (SSSR count). The van der Waals surface area contributed by atoms with E-state index in [1.165, 1.54) is 12.1 Å². The molecule has 11 heteroatoms. The molecule has 4 aromatic rings. The van der Waals surface area contributed by atoms with Gasteiger partial charge in [0.2, 0.25) is 0 Å². The minimum atomic E-state index is -0.631. The van der Waals surface area contributed by atoms with E-state index >= 15 is 0 Å². The van der Waals surface area contributed by atoms with Gasteiger partial charge in [0.15, 0.2) is 5.82 Å². The van der Waals surface area contributed by atoms with Crippen molar-refractivity contribution in [3.8, 4) is 0 Å². The first-order chi connectivity index (χ1) is 20.0. The van der Waals surface area contributed by atoms with E-state index in [9.17, 15) is 18.0 Å². The first kappa shape index (κ1) is 27.1. The Bertz CT molecular complexity index is 1530. The lowest BCUT2D eigenvalue weighted by molar-refractivity contribution is 0.102. The zero-order valence-electron chi connectivity index (χ0n) is 22.5. The number of amides is 1. The average Bonchev–Trinajstić information content (AvgIpc) is 3.32. The van der Waals surface area contributed by atoms with Gasteiger partial charge in [0.1, 0.15) is 18.3 Å². The molecule has 0 unspecified atom stereocenters. The summed E-state index contributed by atoms with van der Waals surface area (Å²) >= 11 is 0. The van der Waals surface area contributed by atoms with Crippen LogP contribution in [0, 0.1) is 11.6 Å². The molecule has 3 heterocycles. The van der Waals surface area contributed by atoms with Crippen LogP contribution < -0.4 is 20.9 Å². The highest BCUT2D eigenvalue weighted by Crippen LogP contribution is 2.28. The van der Waals surface area contributed by atoms with Crippen molar-refractivity contribution in [3.05, 3.63) is 82.9 Å². The minimum Gasteiger partial charge on any atom is -0.382 e. The fourth-order valence-electron chi connectivity index (χ4n) is 5.52. The quantitative estimate of drug-likeness (QED) is 0.245. The van der Waals surface area contributed by atoms with Crippen molar-refractivity contribution >= 4 is 34.0 Å². The number of anilines is 3. The maximum Gasteiger partial charge on any atom is 0.258 e. The summed E-state index contributed by atoms with van der Waals surface area (Å²) in [7, 11) is 0. The van der Waals surface area contributed by atoms with Crippen molar-refractivity contribution in [1.82, 2.24) is 20.4 Å². The Morgan fingerprint density at radius 1 is 0.951 bits per heavy atom. The monoisotopic (exact) mass is 563 g/mol. The molecule has 2 aliphatic heterocycles. The van der Waals surface area contributed by atoms with Gasteiger partial charge in [0, 0.05) is 74.7 Å². The molecular formula is C30H32F3N7O. The van der Waals surface area contributed by atoms with Gasteiger partial charge in [-0.25, -0.2) is 13.2 Å². The second kappa shape index (κ2) is 11.8. The summed E-state index contributed by atoms with van der Waals surface area (Å²) in [5, 5.41) is 17.1. The lowest BCUT2D eigenvalue weighted by atomic mass is 10.0. The summed E-state index contributed by atoms with van der Waals surface area (Å²) in [5.41, 5.74) is 3.93. The summed E-state index contributed by atoms with van der Waals surface area (Å²) in [6.07, 6.45) is 0.313. The van der Waals surface area contributed by atoms with Crippen molar-refractivity contribution in [2.45, 2.75) is 12.5 Å². The molecule has 0 aliphatic carbocycles. The maximum absolute atomic E-state index is 13.7. The smallest absolute Gasteiger partial charge is 0.258 e. The third-order valence-corrected chi connectivity index (χ3v) is 7.80. The van der Waals surface area contributed by atoms with Crippen molar-refractivity contribution in [2.75, 3.05) is 68.0 Å². The Labute approximate surface area is 235 Å². The molecule has 2 saturated heterocycles.